The molecule has 0 aromatic heterocycles. The van der Waals surface area contributed by atoms with Crippen LogP contribution in [0.4, 0.5) is 5.69 Å². The molecular weight excluding hydrogens is 422 g/mol. The Labute approximate surface area is 202 Å². The minimum atomic E-state index is -0.614. The Morgan fingerprint density at radius 3 is 2.76 bits per heavy atom. The van der Waals surface area contributed by atoms with Crippen molar-refractivity contribution in [3.05, 3.63) is 83.4 Å². The van der Waals surface area contributed by atoms with Gasteiger partial charge in [0.25, 0.3) is 0 Å². The van der Waals surface area contributed by atoms with E-state index in [1.165, 1.54) is 27.9 Å². The zero-order valence-corrected chi connectivity index (χ0v) is 19.6. The van der Waals surface area contributed by atoms with Crippen LogP contribution < -0.4 is 15.0 Å². The Balaban J connectivity index is 0.947. The molecule has 0 saturated carbocycles. The molecule has 2 unspecified atom stereocenters. The van der Waals surface area contributed by atoms with Crippen molar-refractivity contribution in [1.82, 2.24) is 10.2 Å². The lowest BCUT2D eigenvalue weighted by atomic mass is 10.0. The zero-order valence-electron chi connectivity index (χ0n) is 19.6. The van der Waals surface area contributed by atoms with Gasteiger partial charge in [0.1, 0.15) is 18.6 Å². The number of unbranched alkanes of at least 4 members (excludes halogenated alkanes) is 1. The maximum absolute atomic E-state index is 10.7. The van der Waals surface area contributed by atoms with E-state index in [9.17, 15) is 5.11 Å². The largest absolute Gasteiger partial charge is 0.489 e. The molecule has 176 valence electrons. The molecule has 0 spiro atoms. The van der Waals surface area contributed by atoms with Crippen molar-refractivity contribution < 1.29 is 9.84 Å². The summed E-state index contributed by atoms with van der Waals surface area (Å²) in [5.74, 6) is 1.02. The van der Waals surface area contributed by atoms with Gasteiger partial charge in [-0.3, -0.25) is 10.2 Å². The molecule has 0 bridgehead atoms. The molecule has 3 aliphatic rings. The number of hydrogen-bond acceptors (Lipinski definition) is 5. The molecule has 2 aliphatic heterocycles. The molecule has 3 aromatic rings. The van der Waals surface area contributed by atoms with Crippen LogP contribution in [-0.4, -0.2) is 55.4 Å². The summed E-state index contributed by atoms with van der Waals surface area (Å²) in [4.78, 5) is 5.08. The fourth-order valence-electron chi connectivity index (χ4n) is 5.74. The lowest BCUT2D eigenvalue weighted by Gasteiger charge is -2.45. The molecule has 2 N–H and O–H groups in total. The van der Waals surface area contributed by atoms with Crippen molar-refractivity contribution in [3.63, 3.8) is 0 Å². The van der Waals surface area contributed by atoms with Gasteiger partial charge in [-0.15, -0.1) is 0 Å². The van der Waals surface area contributed by atoms with E-state index in [0.29, 0.717) is 6.04 Å². The first-order valence-electron chi connectivity index (χ1n) is 12.6. The quantitative estimate of drug-likeness (QED) is 0.323. The molecule has 5 heteroatoms. The summed E-state index contributed by atoms with van der Waals surface area (Å²) in [6.07, 6.45) is 2.52. The Hall–Kier alpha value is -2.86. The van der Waals surface area contributed by atoms with Crippen molar-refractivity contribution in [2.24, 2.45) is 0 Å². The lowest BCUT2D eigenvalue weighted by molar-refractivity contribution is 0.136. The SMILES string of the molecule is OC(NCCCCN1CCN2c3ccccc3OCC2C1)c1ccc2c(c1)Cc1ccccc1-2. The van der Waals surface area contributed by atoms with Gasteiger partial charge in [-0.1, -0.05) is 54.6 Å². The monoisotopic (exact) mass is 455 g/mol. The highest BCUT2D eigenvalue weighted by molar-refractivity contribution is 5.77. The van der Waals surface area contributed by atoms with Crippen molar-refractivity contribution in [3.8, 4) is 16.9 Å². The number of benzene rings is 3. The van der Waals surface area contributed by atoms with E-state index in [-0.39, 0.29) is 0 Å². The molecule has 6 rings (SSSR count). The molecule has 3 aromatic carbocycles. The Morgan fingerprint density at radius 1 is 0.941 bits per heavy atom. The van der Waals surface area contributed by atoms with Crippen LogP contribution in [0, 0.1) is 0 Å². The van der Waals surface area contributed by atoms with E-state index in [1.807, 2.05) is 6.07 Å². The highest BCUT2D eigenvalue weighted by Crippen LogP contribution is 2.37. The normalized spacial score (nSPS) is 19.6. The Morgan fingerprint density at radius 2 is 1.79 bits per heavy atom. The molecule has 1 fully saturated rings. The molecule has 1 saturated heterocycles. The predicted molar refractivity (Wildman–Crippen MR) is 136 cm³/mol. The molecular formula is C29H33N3O2. The summed E-state index contributed by atoms with van der Waals surface area (Å²) in [7, 11) is 0. The molecule has 1 aliphatic carbocycles. The molecule has 2 atom stereocenters. The maximum Gasteiger partial charge on any atom is 0.142 e. The highest BCUT2D eigenvalue weighted by atomic mass is 16.5. The van der Waals surface area contributed by atoms with Crippen molar-refractivity contribution in [2.45, 2.75) is 31.5 Å². The topological polar surface area (TPSA) is 48.0 Å². The fraction of sp³-hybridized carbons (Fsp3) is 0.379. The molecule has 2 heterocycles. The van der Waals surface area contributed by atoms with Crippen LogP contribution in [0.2, 0.25) is 0 Å². The summed E-state index contributed by atoms with van der Waals surface area (Å²) >= 11 is 0. The van der Waals surface area contributed by atoms with E-state index in [1.54, 1.807) is 0 Å². The summed E-state index contributed by atoms with van der Waals surface area (Å²) in [6.45, 7) is 5.90. The van der Waals surface area contributed by atoms with Gasteiger partial charge >= 0.3 is 0 Å². The minimum Gasteiger partial charge on any atom is -0.489 e. The summed E-state index contributed by atoms with van der Waals surface area (Å²) in [5, 5.41) is 14.0. The van der Waals surface area contributed by atoms with Gasteiger partial charge in [0, 0.05) is 19.6 Å². The minimum absolute atomic E-state index is 0.439. The smallest absolute Gasteiger partial charge is 0.142 e. The third kappa shape index (κ3) is 4.20. The Bertz CT molecular complexity index is 1160. The fourth-order valence-corrected chi connectivity index (χ4v) is 5.74. The van der Waals surface area contributed by atoms with Gasteiger partial charge in [0.05, 0.1) is 11.7 Å². The van der Waals surface area contributed by atoms with Crippen LogP contribution in [0.15, 0.2) is 66.7 Å². The van der Waals surface area contributed by atoms with Gasteiger partial charge in [0.2, 0.25) is 0 Å². The highest BCUT2D eigenvalue weighted by Gasteiger charge is 2.32. The van der Waals surface area contributed by atoms with Gasteiger partial charge in [-0.25, -0.2) is 0 Å². The van der Waals surface area contributed by atoms with Crippen LogP contribution in [0.5, 0.6) is 5.75 Å². The number of para-hydroxylation sites is 2. The van der Waals surface area contributed by atoms with Gasteiger partial charge in [-0.05, 0) is 72.3 Å². The van der Waals surface area contributed by atoms with Crippen LogP contribution in [0.3, 0.4) is 0 Å². The van der Waals surface area contributed by atoms with Gasteiger partial charge in [-0.2, -0.15) is 0 Å². The molecule has 34 heavy (non-hydrogen) atoms. The van der Waals surface area contributed by atoms with Crippen molar-refractivity contribution in [1.29, 1.82) is 0 Å². The predicted octanol–water partition coefficient (Wildman–Crippen LogP) is 4.20. The molecule has 5 nitrogen and oxygen atoms in total. The van der Waals surface area contributed by atoms with E-state index >= 15 is 0 Å². The number of piperazine rings is 1. The maximum atomic E-state index is 10.7. The number of anilines is 1. The summed E-state index contributed by atoms with van der Waals surface area (Å²) < 4.78 is 5.99. The van der Waals surface area contributed by atoms with Gasteiger partial charge in [0.15, 0.2) is 0 Å². The number of nitrogens with one attached hydrogen (secondary N) is 1. The van der Waals surface area contributed by atoms with E-state index < -0.39 is 6.23 Å². The average molecular weight is 456 g/mol. The second-order valence-electron chi connectivity index (χ2n) is 9.74. The van der Waals surface area contributed by atoms with Crippen LogP contribution >= 0.6 is 0 Å². The number of rotatable bonds is 7. The number of aliphatic hydroxyl groups excluding tert-OH is 1. The van der Waals surface area contributed by atoms with E-state index in [4.69, 9.17) is 4.74 Å². The third-order valence-corrected chi connectivity index (χ3v) is 7.55. The number of ether oxygens (including phenoxy) is 1. The van der Waals surface area contributed by atoms with Gasteiger partial charge < -0.3 is 14.7 Å². The first-order valence-corrected chi connectivity index (χ1v) is 12.6. The molecule has 0 radical (unpaired) electrons. The second kappa shape index (κ2) is 9.41. The number of hydrogen-bond donors (Lipinski definition) is 2. The zero-order chi connectivity index (χ0) is 22.9. The van der Waals surface area contributed by atoms with Crippen LogP contribution in [-0.2, 0) is 6.42 Å². The van der Waals surface area contributed by atoms with E-state index in [2.05, 4.69) is 75.8 Å². The number of aliphatic hydroxyl groups is 1. The third-order valence-electron chi connectivity index (χ3n) is 7.55. The standard InChI is InChI=1S/C29H33N3O2/c33-29(22-11-12-26-23(18-22)17-21-7-1-2-8-25(21)26)30-13-5-6-14-31-15-16-32-24(19-31)20-34-28-10-4-3-9-27(28)32/h1-4,7-12,18,24,29-30,33H,5-6,13-17,19-20H2. The molecule has 0 amide bonds. The number of fused-ring (bicyclic) bond motifs is 6. The van der Waals surface area contributed by atoms with Crippen molar-refractivity contribution in [2.75, 3.05) is 44.2 Å². The summed E-state index contributed by atoms with van der Waals surface area (Å²) in [5.41, 5.74) is 7.53. The average Bonchev–Trinajstić information content (AvgIpc) is 3.26. The van der Waals surface area contributed by atoms with Crippen LogP contribution in [0.25, 0.3) is 11.1 Å². The first-order chi connectivity index (χ1) is 16.8. The first kappa shape index (κ1) is 21.7. The van der Waals surface area contributed by atoms with Crippen molar-refractivity contribution >= 4 is 5.69 Å². The van der Waals surface area contributed by atoms with E-state index in [0.717, 1.165) is 69.9 Å². The summed E-state index contributed by atoms with van der Waals surface area (Å²) in [6, 6.07) is 23.8. The lowest BCUT2D eigenvalue weighted by Crippen LogP contribution is -2.57. The number of nitrogens with zero attached hydrogens (tertiary/aromatic N) is 2. The van der Waals surface area contributed by atoms with Crippen LogP contribution in [0.1, 0.15) is 35.8 Å². The second-order valence-corrected chi connectivity index (χ2v) is 9.74. The Kier molecular flexibility index (Phi) is 6.00.